The van der Waals surface area contributed by atoms with Gasteiger partial charge in [0.2, 0.25) is 23.6 Å². The van der Waals surface area contributed by atoms with Gasteiger partial charge in [0.1, 0.15) is 32.6 Å². The summed E-state index contributed by atoms with van der Waals surface area (Å²) in [5.74, 6) is 2.55. The average Bonchev–Trinajstić information content (AvgIpc) is 3.33. The second-order valence-corrected chi connectivity index (χ2v) is 29.0. The van der Waals surface area contributed by atoms with Crippen LogP contribution >= 0.6 is 62.6 Å². The van der Waals surface area contributed by atoms with Crippen LogP contribution in [-0.2, 0) is 57.3 Å². The van der Waals surface area contributed by atoms with Gasteiger partial charge in [0.25, 0.3) is 0 Å². The number of azide groups is 1. The van der Waals surface area contributed by atoms with Crippen molar-refractivity contribution in [1.29, 1.82) is 0 Å². The Morgan fingerprint density at radius 2 is 1.20 bits per heavy atom. The average molecular weight is 1090 g/mol. The molecule has 0 aliphatic heterocycles. The van der Waals surface area contributed by atoms with Crippen LogP contribution < -0.4 is 23.6 Å². The molecule has 0 bridgehead atoms. The number of ether oxygens (including phenoxy) is 1. The molecule has 5 atom stereocenters. The smallest absolute Gasteiger partial charge is 0.472 e. The van der Waals surface area contributed by atoms with Crippen LogP contribution in [0, 0.1) is 0 Å². The van der Waals surface area contributed by atoms with Gasteiger partial charge in [-0.25, -0.2) is 4.74 Å². The lowest BCUT2D eigenvalue weighted by Crippen LogP contribution is -2.29. The van der Waals surface area contributed by atoms with Crippen molar-refractivity contribution in [3.63, 3.8) is 0 Å². The Morgan fingerprint density at radius 1 is 0.742 bits per heavy atom. The van der Waals surface area contributed by atoms with E-state index in [1.807, 2.05) is 97.1 Å². The van der Waals surface area contributed by atoms with Gasteiger partial charge in [0.15, 0.2) is 18.2 Å². The molecular formula is C37H49N9O10P8S2+2. The number of hydrazone groups is 2. The summed E-state index contributed by atoms with van der Waals surface area (Å²) in [6.45, 7) is 0.543. The highest BCUT2D eigenvalue weighted by atomic mass is 32.4. The molecule has 4 aromatic carbocycles. The zero-order valence-electron chi connectivity index (χ0n) is 36.6. The minimum Gasteiger partial charge on any atom is -0.472 e. The van der Waals surface area contributed by atoms with Gasteiger partial charge in [-0.05, 0) is 114 Å². The van der Waals surface area contributed by atoms with Crippen molar-refractivity contribution in [1.82, 2.24) is 14.5 Å². The van der Waals surface area contributed by atoms with E-state index in [4.69, 9.17) is 65.5 Å². The molecule has 29 heteroatoms. The van der Waals surface area contributed by atoms with E-state index in [1.165, 1.54) is 28.4 Å². The fourth-order valence-corrected chi connectivity index (χ4v) is 11.7. The Morgan fingerprint density at radius 3 is 1.67 bits per heavy atom. The molecular weight excluding hydrogens is 1040 g/mol. The summed E-state index contributed by atoms with van der Waals surface area (Å²) >= 11 is 11.2. The van der Waals surface area contributed by atoms with Crippen molar-refractivity contribution in [2.45, 2.75) is 6.42 Å². The molecule has 0 aromatic heterocycles. The SMILES string of the molecule is COP(=O)(CN(CCc1ccc(O[P+](=S)N(C)N=Cc2ccc(OCN=Pc3ccc(O[P+](=S)N(C)N=Cc4ccc(OPP(P)N=[N+]=[N-])cc4)cc3)cc2)cc1)CP(=O)(OC)OC)OC. The van der Waals surface area contributed by atoms with E-state index in [2.05, 4.69) is 33.7 Å². The Kier molecular flexibility index (Phi) is 24.6. The molecule has 352 valence electrons. The fraction of sp³-hybridized carbons (Fsp3) is 0.297. The van der Waals surface area contributed by atoms with Gasteiger partial charge in [-0.15, -0.1) is 10.2 Å². The zero-order chi connectivity index (χ0) is 48.0. The molecule has 0 radical (unpaired) electrons. The number of nitrogens with zero attached hydrogens (tertiary/aromatic N) is 9. The van der Waals surface area contributed by atoms with Crippen LogP contribution in [0.5, 0.6) is 23.0 Å². The van der Waals surface area contributed by atoms with E-state index in [9.17, 15) is 9.13 Å². The molecule has 4 aromatic rings. The molecule has 5 unspecified atom stereocenters. The summed E-state index contributed by atoms with van der Waals surface area (Å²) in [5.41, 5.74) is 11.2. The predicted molar refractivity (Wildman–Crippen MR) is 279 cm³/mol. The maximum Gasteiger partial charge on any atom is 0.540 e. The van der Waals surface area contributed by atoms with E-state index in [0.717, 1.165) is 30.4 Å². The van der Waals surface area contributed by atoms with E-state index < -0.39 is 36.8 Å². The van der Waals surface area contributed by atoms with Gasteiger partial charge in [-0.1, -0.05) is 35.5 Å². The highest BCUT2D eigenvalue weighted by molar-refractivity contribution is 8.46. The van der Waals surface area contributed by atoms with E-state index in [1.54, 1.807) is 41.0 Å². The zero-order valence-corrected chi connectivity index (χ0v) is 45.8. The molecule has 0 aliphatic carbocycles. The highest BCUT2D eigenvalue weighted by Gasteiger charge is 2.32. The third kappa shape index (κ3) is 19.9. The van der Waals surface area contributed by atoms with Crippen LogP contribution in [0.3, 0.4) is 0 Å². The van der Waals surface area contributed by atoms with Gasteiger partial charge < -0.3 is 27.4 Å². The van der Waals surface area contributed by atoms with Crippen LogP contribution in [-0.4, -0.2) is 95.3 Å². The number of hydrogen-bond donors (Lipinski definition) is 0. The van der Waals surface area contributed by atoms with Crippen molar-refractivity contribution in [3.05, 3.63) is 124 Å². The first-order valence-corrected chi connectivity index (χ1v) is 32.5. The molecule has 4 rings (SSSR count). The van der Waals surface area contributed by atoms with Crippen LogP contribution in [0.1, 0.15) is 16.7 Å². The maximum atomic E-state index is 12.8. The van der Waals surface area contributed by atoms with Crippen LogP contribution in [0.15, 0.2) is 117 Å². The van der Waals surface area contributed by atoms with Crippen molar-refractivity contribution in [2.24, 2.45) is 19.8 Å². The predicted octanol–water partition coefficient (Wildman–Crippen LogP) is 11.8. The molecule has 0 amide bonds. The van der Waals surface area contributed by atoms with Crippen LogP contribution in [0.25, 0.3) is 10.4 Å². The molecule has 0 N–H and O–H groups in total. The third-order valence-electron chi connectivity index (χ3n) is 8.55. The minimum absolute atomic E-state index is 0.0576. The summed E-state index contributed by atoms with van der Waals surface area (Å²) < 4.78 is 77.1. The lowest BCUT2D eigenvalue weighted by Gasteiger charge is -2.27. The third-order valence-corrected chi connectivity index (χ3v) is 20.0. The highest BCUT2D eigenvalue weighted by Crippen LogP contribution is 2.63. The van der Waals surface area contributed by atoms with Gasteiger partial charge in [-0.3, -0.25) is 23.1 Å². The Hall–Kier alpha value is -2.98. The first-order chi connectivity index (χ1) is 31.7. The Bertz CT molecular complexity index is 2380. The molecule has 0 spiro atoms. The van der Waals surface area contributed by atoms with Crippen molar-refractivity contribution in [3.8, 4) is 23.0 Å². The lowest BCUT2D eigenvalue weighted by atomic mass is 10.1. The monoisotopic (exact) mass is 1090 g/mol. The van der Waals surface area contributed by atoms with E-state index in [-0.39, 0.29) is 27.8 Å². The summed E-state index contributed by atoms with van der Waals surface area (Å²) in [6.07, 6.45) is 3.73. The van der Waals surface area contributed by atoms with Crippen LogP contribution in [0.4, 0.5) is 0 Å². The van der Waals surface area contributed by atoms with E-state index >= 15 is 0 Å². The van der Waals surface area contributed by atoms with Gasteiger partial charge >= 0.3 is 29.3 Å². The standard InChI is InChI=1S/C37H49N9O10P8S2/c1-44(61(65)55-35-17-7-30(8-18-35)23-24-46(28-63(47,49-3)50-4)29-64(48,51-5)52-6)39-25-31-9-13-33(14-10-31)53-27-41-58-37-21-19-36(20-22-37)56-62(66)45(2)40-26-32-11-15-34(16-12-32)54-59-60(57)43-42-38/h7-22,25-26,59H,23-24,27-29,57H2,1-6H3/q+2. The molecule has 0 saturated heterocycles. The van der Waals surface area contributed by atoms with Crippen molar-refractivity contribution >= 4 is 104 Å². The number of benzene rings is 4. The quantitative estimate of drug-likeness (QED) is 0.0124. The maximum absolute atomic E-state index is 12.8. The van der Waals surface area contributed by atoms with Gasteiger partial charge in [-0.2, -0.15) is 0 Å². The summed E-state index contributed by atoms with van der Waals surface area (Å²) in [5, 5.41) is 9.86. The second kappa shape index (κ2) is 29.1. The Balaban J connectivity index is 1.17. The molecule has 0 heterocycles. The number of hydrogen-bond acceptors (Lipinski definition) is 17. The summed E-state index contributed by atoms with van der Waals surface area (Å²) in [6, 6.07) is 29.8. The van der Waals surface area contributed by atoms with Crippen LogP contribution in [0.2, 0.25) is 0 Å². The molecule has 0 saturated carbocycles. The topological polar surface area (TPSA) is 204 Å². The lowest BCUT2D eigenvalue weighted by molar-refractivity contribution is 0.224. The van der Waals surface area contributed by atoms with Gasteiger partial charge in [0, 0.05) is 53.6 Å². The summed E-state index contributed by atoms with van der Waals surface area (Å²) in [4.78, 5) is 8.11. The first-order valence-electron chi connectivity index (χ1n) is 19.1. The molecule has 66 heavy (non-hydrogen) atoms. The largest absolute Gasteiger partial charge is 0.540 e. The van der Waals surface area contributed by atoms with Crippen molar-refractivity contribution in [2.75, 3.05) is 68.4 Å². The molecule has 0 aliphatic rings. The minimum atomic E-state index is -3.43. The van der Waals surface area contributed by atoms with E-state index in [0.29, 0.717) is 36.0 Å². The first kappa shape index (κ1) is 55.6. The fourth-order valence-electron chi connectivity index (χ4n) is 4.96. The number of rotatable bonds is 29. The summed E-state index contributed by atoms with van der Waals surface area (Å²) in [7, 11) is 1.25. The molecule has 0 fully saturated rings. The normalized spacial score (nSPS) is 13.0. The van der Waals surface area contributed by atoms with Crippen molar-refractivity contribution < 1.29 is 45.5 Å². The second-order valence-electron chi connectivity index (χ2n) is 13.0. The Labute approximate surface area is 403 Å². The van der Waals surface area contributed by atoms with Gasteiger partial charge in [0.05, 0.1) is 34.0 Å². The molecule has 19 nitrogen and oxygen atoms in total.